The van der Waals surface area contributed by atoms with Gasteiger partial charge >= 0.3 is 0 Å². The van der Waals surface area contributed by atoms with Gasteiger partial charge in [0, 0.05) is 37.8 Å². The summed E-state index contributed by atoms with van der Waals surface area (Å²) >= 11 is 0. The number of aliphatic hydroxyl groups is 1. The molecule has 1 aromatic heterocycles. The van der Waals surface area contributed by atoms with Gasteiger partial charge in [-0.15, -0.1) is 0 Å². The maximum Gasteiger partial charge on any atom is 0.168 e. The van der Waals surface area contributed by atoms with Crippen LogP contribution in [0.5, 0.6) is 0 Å². The van der Waals surface area contributed by atoms with E-state index >= 15 is 0 Å². The Labute approximate surface area is 197 Å². The number of hydrogen-bond acceptors (Lipinski definition) is 6. The SMILES string of the molecule is N=C1CC(c2ccccc2)CC(=O)C1=C(O)CCc1noc2c1C(=O)CC(c1ccccc1)C2. The zero-order valence-electron chi connectivity index (χ0n) is 18.8. The van der Waals surface area contributed by atoms with Gasteiger partial charge in [0.2, 0.25) is 0 Å². The number of rotatable bonds is 5. The van der Waals surface area contributed by atoms with E-state index in [9.17, 15) is 14.7 Å². The first-order valence-corrected chi connectivity index (χ1v) is 11.6. The van der Waals surface area contributed by atoms with E-state index in [4.69, 9.17) is 9.93 Å². The van der Waals surface area contributed by atoms with Gasteiger partial charge < -0.3 is 15.0 Å². The Morgan fingerprint density at radius 2 is 1.47 bits per heavy atom. The summed E-state index contributed by atoms with van der Waals surface area (Å²) in [6.45, 7) is 0. The number of carbonyl (C=O) groups is 2. The first-order valence-electron chi connectivity index (χ1n) is 11.6. The molecule has 3 aromatic rings. The maximum absolute atomic E-state index is 12.9. The molecule has 0 radical (unpaired) electrons. The molecule has 0 saturated heterocycles. The van der Waals surface area contributed by atoms with Crippen molar-refractivity contribution in [2.45, 2.75) is 50.4 Å². The first-order chi connectivity index (χ1) is 16.5. The molecule has 1 fully saturated rings. The number of ketones is 2. The second kappa shape index (κ2) is 9.21. The molecule has 34 heavy (non-hydrogen) atoms. The Morgan fingerprint density at radius 3 is 2.09 bits per heavy atom. The van der Waals surface area contributed by atoms with Crippen LogP contribution in [0.1, 0.15) is 70.5 Å². The smallest absolute Gasteiger partial charge is 0.168 e. The van der Waals surface area contributed by atoms with Crippen LogP contribution in [0.25, 0.3) is 0 Å². The molecule has 2 atom stereocenters. The number of benzene rings is 2. The van der Waals surface area contributed by atoms with Crippen molar-refractivity contribution in [1.82, 2.24) is 5.16 Å². The van der Waals surface area contributed by atoms with E-state index in [0.29, 0.717) is 36.3 Å². The fourth-order valence-corrected chi connectivity index (χ4v) is 5.14. The number of carbonyl (C=O) groups excluding carboxylic acids is 2. The highest BCUT2D eigenvalue weighted by atomic mass is 16.5. The minimum Gasteiger partial charge on any atom is -0.511 e. The van der Waals surface area contributed by atoms with Gasteiger partial charge in [0.15, 0.2) is 11.6 Å². The van der Waals surface area contributed by atoms with E-state index in [-0.39, 0.29) is 59.7 Å². The number of aliphatic hydroxyl groups excluding tert-OH is 1. The number of aryl methyl sites for hydroxylation is 1. The van der Waals surface area contributed by atoms with Crippen LogP contribution in [-0.4, -0.2) is 27.5 Å². The number of hydrogen-bond donors (Lipinski definition) is 2. The lowest BCUT2D eigenvalue weighted by molar-refractivity contribution is -0.116. The summed E-state index contributed by atoms with van der Waals surface area (Å²) < 4.78 is 5.51. The third kappa shape index (κ3) is 4.23. The van der Waals surface area contributed by atoms with E-state index < -0.39 is 0 Å². The number of fused-ring (bicyclic) bond motifs is 1. The van der Waals surface area contributed by atoms with Gasteiger partial charge in [0.25, 0.3) is 0 Å². The summed E-state index contributed by atoms with van der Waals surface area (Å²) in [5.74, 6) is 0.270. The average molecular weight is 455 g/mol. The third-order valence-electron chi connectivity index (χ3n) is 6.87. The zero-order valence-corrected chi connectivity index (χ0v) is 18.8. The van der Waals surface area contributed by atoms with Crippen LogP contribution in [-0.2, 0) is 17.6 Å². The molecule has 0 aliphatic heterocycles. The average Bonchev–Trinajstić information content (AvgIpc) is 3.27. The molecule has 0 spiro atoms. The molecule has 1 saturated carbocycles. The highest BCUT2D eigenvalue weighted by molar-refractivity contribution is 6.23. The van der Waals surface area contributed by atoms with Crippen molar-refractivity contribution in [3.63, 3.8) is 0 Å². The molecule has 5 rings (SSSR count). The molecule has 2 aliphatic carbocycles. The highest BCUT2D eigenvalue weighted by Gasteiger charge is 2.34. The van der Waals surface area contributed by atoms with Crippen molar-refractivity contribution in [2.24, 2.45) is 0 Å². The molecule has 172 valence electrons. The van der Waals surface area contributed by atoms with Gasteiger partial charge in [0.05, 0.1) is 16.8 Å². The fourth-order valence-electron chi connectivity index (χ4n) is 5.14. The number of Topliss-reactive ketones (excluding diaryl/α,β-unsaturated/α-hetero) is 2. The van der Waals surface area contributed by atoms with E-state index in [1.165, 1.54) is 0 Å². The standard InChI is InChI=1S/C28H26N2O4/c29-21-13-19(17-7-3-1-4-8-17)14-24(32)27(21)23(31)12-11-22-28-25(33)15-20(16-26(28)34-30-22)18-9-5-2-6-10-18/h1-10,19-20,29,31H,11-16H2. The van der Waals surface area contributed by atoms with E-state index in [0.717, 1.165) is 11.1 Å². The molecule has 0 amide bonds. The lowest BCUT2D eigenvalue weighted by atomic mass is 9.78. The monoisotopic (exact) mass is 454 g/mol. The lowest BCUT2D eigenvalue weighted by Crippen LogP contribution is -2.26. The van der Waals surface area contributed by atoms with Crippen molar-refractivity contribution < 1.29 is 19.2 Å². The highest BCUT2D eigenvalue weighted by Crippen LogP contribution is 2.36. The van der Waals surface area contributed by atoms with E-state index in [1.807, 2.05) is 60.7 Å². The zero-order chi connectivity index (χ0) is 23.7. The van der Waals surface area contributed by atoms with Gasteiger partial charge in [0.1, 0.15) is 11.5 Å². The van der Waals surface area contributed by atoms with Crippen LogP contribution in [0.4, 0.5) is 0 Å². The van der Waals surface area contributed by atoms with Gasteiger partial charge in [-0.2, -0.15) is 0 Å². The first kappa shape index (κ1) is 22.0. The number of allylic oxidation sites excluding steroid dienone is 2. The molecule has 6 nitrogen and oxygen atoms in total. The summed E-state index contributed by atoms with van der Waals surface area (Å²) in [5, 5.41) is 23.2. The summed E-state index contributed by atoms with van der Waals surface area (Å²) in [6.07, 6.45) is 2.09. The molecular formula is C28H26N2O4. The molecular weight excluding hydrogens is 428 g/mol. The van der Waals surface area contributed by atoms with Gasteiger partial charge in [-0.05, 0) is 29.4 Å². The summed E-state index contributed by atoms with van der Waals surface area (Å²) in [6, 6.07) is 19.6. The van der Waals surface area contributed by atoms with E-state index in [1.54, 1.807) is 0 Å². The fraction of sp³-hybridized carbons (Fsp3) is 0.286. The van der Waals surface area contributed by atoms with Crippen LogP contribution in [0.3, 0.4) is 0 Å². The predicted octanol–water partition coefficient (Wildman–Crippen LogP) is 5.50. The summed E-state index contributed by atoms with van der Waals surface area (Å²) in [7, 11) is 0. The molecule has 6 heteroatoms. The molecule has 1 heterocycles. The van der Waals surface area contributed by atoms with Gasteiger partial charge in [-0.3, -0.25) is 9.59 Å². The Balaban J connectivity index is 1.29. The Hall–Kier alpha value is -3.80. The van der Waals surface area contributed by atoms with Gasteiger partial charge in [-0.25, -0.2) is 0 Å². The lowest BCUT2D eigenvalue weighted by Gasteiger charge is -2.25. The Bertz CT molecular complexity index is 1250. The summed E-state index contributed by atoms with van der Waals surface area (Å²) in [5.41, 5.74) is 3.42. The topological polar surface area (TPSA) is 104 Å². The second-order valence-electron chi connectivity index (χ2n) is 9.11. The molecule has 2 aromatic carbocycles. The van der Waals surface area contributed by atoms with Crippen LogP contribution < -0.4 is 0 Å². The normalized spacial score (nSPS) is 21.9. The number of aromatic nitrogens is 1. The second-order valence-corrected chi connectivity index (χ2v) is 9.11. The van der Waals surface area contributed by atoms with Crippen molar-refractivity contribution in [1.29, 1.82) is 5.41 Å². The minimum atomic E-state index is -0.216. The van der Waals surface area contributed by atoms with Crippen molar-refractivity contribution in [3.8, 4) is 0 Å². The summed E-state index contributed by atoms with van der Waals surface area (Å²) in [4.78, 5) is 25.7. The van der Waals surface area contributed by atoms with Crippen LogP contribution in [0, 0.1) is 5.41 Å². The van der Waals surface area contributed by atoms with Gasteiger partial charge in [-0.1, -0.05) is 65.8 Å². The quantitative estimate of drug-likeness (QED) is 0.391. The molecule has 2 aliphatic rings. The molecule has 0 bridgehead atoms. The molecule has 2 N–H and O–H groups in total. The van der Waals surface area contributed by atoms with Crippen LogP contribution in [0.15, 0.2) is 76.5 Å². The van der Waals surface area contributed by atoms with Crippen LogP contribution >= 0.6 is 0 Å². The third-order valence-corrected chi connectivity index (χ3v) is 6.87. The maximum atomic E-state index is 12.9. The van der Waals surface area contributed by atoms with Crippen LogP contribution in [0.2, 0.25) is 0 Å². The molecule has 2 unspecified atom stereocenters. The number of nitrogens with one attached hydrogen (secondary N) is 1. The van der Waals surface area contributed by atoms with E-state index in [2.05, 4.69) is 5.16 Å². The minimum absolute atomic E-state index is 0.00863. The van der Waals surface area contributed by atoms with Crippen molar-refractivity contribution >= 4 is 17.3 Å². The Morgan fingerprint density at radius 1 is 0.882 bits per heavy atom. The predicted molar refractivity (Wildman–Crippen MR) is 127 cm³/mol. The number of nitrogens with zero attached hydrogens (tertiary/aromatic N) is 1. The van der Waals surface area contributed by atoms with Crippen molar-refractivity contribution in [2.75, 3.05) is 0 Å². The van der Waals surface area contributed by atoms with Crippen molar-refractivity contribution in [3.05, 3.63) is 100 Å². The largest absolute Gasteiger partial charge is 0.511 e. The Kier molecular flexibility index (Phi) is 5.97.